The highest BCUT2D eigenvalue weighted by molar-refractivity contribution is 7.80. The van der Waals surface area contributed by atoms with Gasteiger partial charge in [-0.05, 0) is 103 Å². The Labute approximate surface area is 424 Å². The maximum atomic E-state index is 12.9. The van der Waals surface area contributed by atoms with Gasteiger partial charge in [-0.1, -0.05) is 181 Å². The normalized spacial score (nSPS) is 20.0. The zero-order chi connectivity index (χ0) is 51.0. The van der Waals surface area contributed by atoms with Crippen molar-refractivity contribution in [2.24, 2.45) is 0 Å². The third kappa shape index (κ3) is 39.4. The third-order valence-electron chi connectivity index (χ3n) is 11.4. The maximum Gasteiger partial charge on any atom is 0.397 e. The summed E-state index contributed by atoms with van der Waals surface area (Å²) >= 11 is 0. The summed E-state index contributed by atoms with van der Waals surface area (Å²) in [5.74, 6) is -0.423. The summed E-state index contributed by atoms with van der Waals surface area (Å²) in [5.41, 5.74) is 0. The molecule has 6 unspecified atom stereocenters. The highest BCUT2D eigenvalue weighted by atomic mass is 32.3. The number of aliphatic hydroxyl groups is 3. The van der Waals surface area contributed by atoms with Crippen molar-refractivity contribution in [2.45, 2.75) is 218 Å². The van der Waals surface area contributed by atoms with Gasteiger partial charge in [-0.15, -0.1) is 0 Å². The molecule has 0 aromatic carbocycles. The number of carbonyl (C=O) groups excluding carboxylic acids is 1. The second-order valence-corrected chi connectivity index (χ2v) is 18.8. The Hall–Kier alpha value is -3.24. The second kappa shape index (κ2) is 46.8. The van der Waals surface area contributed by atoms with Gasteiger partial charge >= 0.3 is 16.4 Å². The zero-order valence-corrected chi connectivity index (χ0v) is 43.8. The summed E-state index contributed by atoms with van der Waals surface area (Å²) in [6.45, 7) is 3.77. The van der Waals surface area contributed by atoms with E-state index < -0.39 is 59.8 Å². The Morgan fingerprint density at radius 2 is 0.986 bits per heavy atom. The number of hydrogen-bond donors (Lipinski definition) is 4. The van der Waals surface area contributed by atoms with E-state index in [1.807, 2.05) is 0 Å². The topological polar surface area (TPSA) is 178 Å². The summed E-state index contributed by atoms with van der Waals surface area (Å²) in [7, 11) is -5.08. The fraction of sp³-hybridized carbons (Fsp3) is 0.667. The molecule has 0 spiro atoms. The molecule has 12 nitrogen and oxygen atoms in total. The first-order valence-corrected chi connectivity index (χ1v) is 28.0. The molecule has 0 radical (unpaired) electrons. The Morgan fingerprint density at radius 1 is 0.557 bits per heavy atom. The first-order chi connectivity index (χ1) is 34.1. The molecule has 1 aliphatic rings. The van der Waals surface area contributed by atoms with E-state index in [-0.39, 0.29) is 19.6 Å². The zero-order valence-electron chi connectivity index (χ0n) is 43.0. The van der Waals surface area contributed by atoms with Gasteiger partial charge in [0.15, 0.2) is 6.29 Å². The van der Waals surface area contributed by atoms with E-state index in [9.17, 15) is 33.1 Å². The highest BCUT2D eigenvalue weighted by Gasteiger charge is 2.48. The van der Waals surface area contributed by atoms with Crippen LogP contribution in [0.25, 0.3) is 0 Å². The lowest BCUT2D eigenvalue weighted by Gasteiger charge is -2.41. The van der Waals surface area contributed by atoms with Crippen LogP contribution in [0.1, 0.15) is 181 Å². The highest BCUT2D eigenvalue weighted by Crippen LogP contribution is 2.26. The first-order valence-electron chi connectivity index (χ1n) is 26.6. The Bertz CT molecular complexity index is 1630. The van der Waals surface area contributed by atoms with E-state index in [4.69, 9.17) is 18.9 Å². The van der Waals surface area contributed by atoms with Crippen LogP contribution in [0.5, 0.6) is 0 Å². The summed E-state index contributed by atoms with van der Waals surface area (Å²) < 4.78 is 59.3. The fourth-order valence-corrected chi connectivity index (χ4v) is 7.90. The van der Waals surface area contributed by atoms with Crippen molar-refractivity contribution >= 4 is 16.4 Å². The van der Waals surface area contributed by atoms with Crippen LogP contribution in [0.15, 0.2) is 109 Å². The maximum absolute atomic E-state index is 12.9. The predicted octanol–water partition coefficient (Wildman–Crippen LogP) is 12.7. The lowest BCUT2D eigenvalue weighted by atomic mass is 9.99. The Balaban J connectivity index is 2.39. The van der Waals surface area contributed by atoms with Gasteiger partial charge in [0.2, 0.25) is 0 Å². The molecule has 13 heteroatoms. The predicted molar refractivity (Wildman–Crippen MR) is 284 cm³/mol. The van der Waals surface area contributed by atoms with Crippen LogP contribution < -0.4 is 0 Å². The number of unbranched alkanes of at least 4 members (excludes halogenated alkanes) is 14. The van der Waals surface area contributed by atoms with Crippen LogP contribution in [-0.2, 0) is 38.3 Å². The minimum Gasteiger partial charge on any atom is -0.457 e. The van der Waals surface area contributed by atoms with Crippen molar-refractivity contribution in [2.75, 3.05) is 26.4 Å². The van der Waals surface area contributed by atoms with Crippen LogP contribution in [0.4, 0.5) is 0 Å². The van der Waals surface area contributed by atoms with Crippen molar-refractivity contribution in [3.63, 3.8) is 0 Å². The fourth-order valence-electron chi connectivity index (χ4n) is 7.39. The molecular formula is C57H94O12S. The van der Waals surface area contributed by atoms with Gasteiger partial charge in [0, 0.05) is 13.0 Å². The molecule has 0 amide bonds. The lowest BCUT2D eigenvalue weighted by Crippen LogP contribution is -2.60. The van der Waals surface area contributed by atoms with Gasteiger partial charge in [-0.25, -0.2) is 4.18 Å². The Kier molecular flexibility index (Phi) is 43.3. The molecule has 1 heterocycles. The van der Waals surface area contributed by atoms with Gasteiger partial charge < -0.3 is 34.3 Å². The molecule has 6 atom stereocenters. The van der Waals surface area contributed by atoms with Gasteiger partial charge in [-0.3, -0.25) is 9.35 Å². The Morgan fingerprint density at radius 3 is 1.44 bits per heavy atom. The molecule has 1 saturated heterocycles. The van der Waals surface area contributed by atoms with Gasteiger partial charge in [-0.2, -0.15) is 8.42 Å². The largest absolute Gasteiger partial charge is 0.457 e. The lowest BCUT2D eigenvalue weighted by molar-refractivity contribution is -0.301. The number of allylic oxidation sites excluding steroid dienone is 18. The van der Waals surface area contributed by atoms with Gasteiger partial charge in [0.25, 0.3) is 0 Å². The quantitative estimate of drug-likeness (QED) is 0.0197. The summed E-state index contributed by atoms with van der Waals surface area (Å²) in [6.07, 6.45) is 56.8. The summed E-state index contributed by atoms with van der Waals surface area (Å²) in [6, 6.07) is 0. The van der Waals surface area contributed by atoms with Crippen LogP contribution in [0.2, 0.25) is 0 Å². The van der Waals surface area contributed by atoms with Crippen molar-refractivity contribution < 1.29 is 56.2 Å². The average molecular weight is 1000 g/mol. The molecule has 0 saturated carbocycles. The molecule has 0 aromatic rings. The second-order valence-electron chi connectivity index (χ2n) is 17.7. The van der Waals surface area contributed by atoms with Crippen molar-refractivity contribution in [3.8, 4) is 0 Å². The molecule has 1 fully saturated rings. The summed E-state index contributed by atoms with van der Waals surface area (Å²) in [4.78, 5) is 12.9. The smallest absolute Gasteiger partial charge is 0.397 e. The number of hydrogen-bond acceptors (Lipinski definition) is 11. The van der Waals surface area contributed by atoms with Crippen LogP contribution >= 0.6 is 0 Å². The van der Waals surface area contributed by atoms with E-state index >= 15 is 0 Å². The summed E-state index contributed by atoms with van der Waals surface area (Å²) in [5, 5.41) is 30.8. The number of esters is 1. The molecule has 0 bridgehead atoms. The van der Waals surface area contributed by atoms with E-state index in [0.29, 0.717) is 13.0 Å². The van der Waals surface area contributed by atoms with Crippen LogP contribution in [0, 0.1) is 0 Å². The molecule has 1 rings (SSSR count). The van der Waals surface area contributed by atoms with Gasteiger partial charge in [0.1, 0.15) is 30.5 Å². The van der Waals surface area contributed by atoms with Gasteiger partial charge in [0.05, 0.1) is 19.8 Å². The molecular weight excluding hydrogens is 909 g/mol. The monoisotopic (exact) mass is 1000 g/mol. The van der Waals surface area contributed by atoms with Crippen LogP contribution in [-0.4, -0.2) is 97.5 Å². The minimum absolute atomic E-state index is 0.00944. The molecule has 1 aliphatic heterocycles. The molecule has 0 aromatic heterocycles. The molecule has 4 N–H and O–H groups in total. The number of rotatable bonds is 45. The van der Waals surface area contributed by atoms with E-state index in [0.717, 1.165) is 128 Å². The van der Waals surface area contributed by atoms with E-state index in [2.05, 4.69) is 127 Å². The molecule has 0 aliphatic carbocycles. The molecule has 70 heavy (non-hydrogen) atoms. The third-order valence-corrected chi connectivity index (χ3v) is 11.8. The number of ether oxygens (including phenoxy) is 4. The number of aliphatic hydroxyl groups excluding tert-OH is 3. The molecule has 400 valence electrons. The first kappa shape index (κ1) is 64.8. The average Bonchev–Trinajstić information content (AvgIpc) is 3.34. The van der Waals surface area contributed by atoms with Crippen molar-refractivity contribution in [3.05, 3.63) is 109 Å². The SMILES string of the molecule is CC/C=C\C/C=C\C/C=C\C/C=C\C/C=C\C/C=C\CCCCCCCOCC(COC1OC(CO)C(O)C(OS(=O)(=O)O)C1O)OC(=O)CCCCCCCC/C=C\C/C=C\C/C=C\CCCCC. The van der Waals surface area contributed by atoms with E-state index in [1.165, 1.54) is 25.7 Å². The van der Waals surface area contributed by atoms with Crippen LogP contribution in [0.3, 0.4) is 0 Å². The number of carbonyl (C=O) groups is 1. The van der Waals surface area contributed by atoms with Crippen molar-refractivity contribution in [1.82, 2.24) is 0 Å². The standard InChI is InChI=1S/C57H94O12S/c1-3-5-7-9-11-13-15-17-19-21-23-24-25-26-27-29-31-33-35-37-39-41-43-45-47-65-49-51(50-66-57-55(61)56(69-70(62,63)64)54(60)52(48-58)68-57)67-53(59)46-44-42-40-38-36-34-32-30-28-22-20-18-16-14-12-10-8-6-4-2/h5,7,11-14,17-20,23-24,26-28,30-31,33,51-52,54-58,60-61H,3-4,6,8-10,15-16,21-22,25,29,32,34-50H2,1-2H3,(H,62,63,64)/b7-5-,13-11-,14-12-,19-17-,20-18-,24-23-,27-26-,30-28-,33-31-. The minimum atomic E-state index is -5.08. The van der Waals surface area contributed by atoms with E-state index in [1.54, 1.807) is 0 Å². The van der Waals surface area contributed by atoms with Crippen molar-refractivity contribution in [1.29, 1.82) is 0 Å².